The number of fused-ring (bicyclic) bond motifs is 3. The highest BCUT2D eigenvalue weighted by Crippen LogP contribution is 2.45. The molecule has 0 radical (unpaired) electrons. The molecular formula is C29H23N3O5. The highest BCUT2D eigenvalue weighted by molar-refractivity contribution is 5.97. The van der Waals surface area contributed by atoms with Crippen molar-refractivity contribution in [3.05, 3.63) is 120 Å². The van der Waals surface area contributed by atoms with Crippen LogP contribution < -0.4 is 16.0 Å². The molecule has 1 aliphatic carbocycles. The largest absolute Gasteiger partial charge is 0.465 e. The number of nitrogens with one attached hydrogen (secondary N) is 3. The van der Waals surface area contributed by atoms with E-state index in [0.717, 1.165) is 22.3 Å². The van der Waals surface area contributed by atoms with Gasteiger partial charge in [0.25, 0.3) is 5.91 Å². The highest BCUT2D eigenvalue weighted by atomic mass is 16.6. The number of anilines is 2. The first-order chi connectivity index (χ1) is 18.0. The molecule has 0 fully saturated rings. The van der Waals surface area contributed by atoms with Crippen molar-refractivity contribution >= 4 is 29.5 Å². The molecule has 0 saturated carbocycles. The number of carbonyl (C=O) groups excluding carboxylic acids is 2. The first-order valence-corrected chi connectivity index (χ1v) is 11.6. The van der Waals surface area contributed by atoms with Gasteiger partial charge in [-0.2, -0.15) is 0 Å². The van der Waals surface area contributed by atoms with Crippen LogP contribution in [0.1, 0.15) is 28.8 Å². The molecular weight excluding hydrogens is 470 g/mol. The lowest BCUT2D eigenvalue weighted by Gasteiger charge is -2.21. The molecule has 1 aliphatic rings. The van der Waals surface area contributed by atoms with Crippen molar-refractivity contribution in [2.24, 2.45) is 0 Å². The average Bonchev–Trinajstić information content (AvgIpc) is 3.22. The van der Waals surface area contributed by atoms with Gasteiger partial charge in [0.1, 0.15) is 6.04 Å². The van der Waals surface area contributed by atoms with Crippen LogP contribution in [0.4, 0.5) is 21.0 Å². The first kappa shape index (κ1) is 23.6. The molecule has 37 heavy (non-hydrogen) atoms. The monoisotopic (exact) mass is 493 g/mol. The Balaban J connectivity index is 1.35. The summed E-state index contributed by atoms with van der Waals surface area (Å²) in [5.74, 6) is -0.477. The summed E-state index contributed by atoms with van der Waals surface area (Å²) in [5.41, 5.74) is 5.17. The molecule has 0 aliphatic heterocycles. The van der Waals surface area contributed by atoms with Gasteiger partial charge in [-0.05, 0) is 41.0 Å². The normalized spacial score (nSPS) is 12.5. The number of benzene rings is 4. The quantitative estimate of drug-likeness (QED) is 0.265. The molecule has 4 N–H and O–H groups in total. The molecule has 0 saturated heterocycles. The molecule has 0 bridgehead atoms. The summed E-state index contributed by atoms with van der Waals surface area (Å²) in [6, 6.07) is 29.5. The maximum atomic E-state index is 13.3. The summed E-state index contributed by atoms with van der Waals surface area (Å²) in [5, 5.41) is 16.6. The Morgan fingerprint density at radius 1 is 0.676 bits per heavy atom. The van der Waals surface area contributed by atoms with Gasteiger partial charge in [0.15, 0.2) is 6.10 Å². The van der Waals surface area contributed by atoms with Gasteiger partial charge in [-0.3, -0.25) is 10.1 Å². The molecule has 1 atom stereocenters. The van der Waals surface area contributed by atoms with E-state index >= 15 is 0 Å². The van der Waals surface area contributed by atoms with E-state index in [4.69, 9.17) is 9.84 Å². The third kappa shape index (κ3) is 5.13. The van der Waals surface area contributed by atoms with E-state index in [1.807, 2.05) is 54.6 Å². The van der Waals surface area contributed by atoms with E-state index < -0.39 is 30.2 Å². The van der Waals surface area contributed by atoms with Gasteiger partial charge in [-0.15, -0.1) is 0 Å². The van der Waals surface area contributed by atoms with Crippen LogP contribution in [0.15, 0.2) is 103 Å². The topological polar surface area (TPSA) is 117 Å². The van der Waals surface area contributed by atoms with Gasteiger partial charge >= 0.3 is 12.2 Å². The van der Waals surface area contributed by atoms with Crippen LogP contribution in [0.25, 0.3) is 11.1 Å². The molecule has 8 heteroatoms. The number of alkyl carbamates (subject to hydrolysis) is 1. The molecule has 8 nitrogen and oxygen atoms in total. The number of rotatable bonds is 6. The molecule has 0 aromatic heterocycles. The molecule has 5 rings (SSSR count). The molecule has 4 aromatic rings. The lowest BCUT2D eigenvalue weighted by atomic mass is 10.1. The average molecular weight is 494 g/mol. The molecule has 0 unspecified atom stereocenters. The maximum Gasteiger partial charge on any atom is 0.409 e. The smallest absolute Gasteiger partial charge is 0.409 e. The second kappa shape index (κ2) is 10.2. The van der Waals surface area contributed by atoms with E-state index in [-0.39, 0.29) is 0 Å². The number of carboxylic acid groups (broad SMARTS) is 1. The maximum absolute atomic E-state index is 13.3. The van der Waals surface area contributed by atoms with Crippen molar-refractivity contribution in [3.8, 4) is 11.1 Å². The van der Waals surface area contributed by atoms with Gasteiger partial charge in [-0.25, -0.2) is 9.59 Å². The number of carbonyl (C=O) groups is 3. The Bertz CT molecular complexity index is 1410. The van der Waals surface area contributed by atoms with Crippen LogP contribution >= 0.6 is 0 Å². The van der Waals surface area contributed by atoms with Crippen LogP contribution in [0.5, 0.6) is 0 Å². The summed E-state index contributed by atoms with van der Waals surface area (Å²) in [4.78, 5) is 37.2. The third-order valence-electron chi connectivity index (χ3n) is 6.06. The number of ether oxygens (including phenoxy) is 1. The number of hydrogen-bond donors (Lipinski definition) is 4. The van der Waals surface area contributed by atoms with Crippen molar-refractivity contribution < 1.29 is 24.2 Å². The van der Waals surface area contributed by atoms with E-state index in [1.54, 1.807) is 36.4 Å². The van der Waals surface area contributed by atoms with Gasteiger partial charge in [-0.1, -0.05) is 78.9 Å². The standard InChI is InChI=1S/C29H23N3O5/c33-27(30-19-14-16-20(17-15-19)31-28(34)35)25(18-8-2-1-3-9-18)32-29(36)37-26-23-12-6-4-10-21(23)22-11-5-7-13-24(22)26/h1-17,25-26,31H,(H,30,33)(H,32,36)(H,34,35)/t25-/m0/s1. The summed E-state index contributed by atoms with van der Waals surface area (Å²) in [6.45, 7) is 0. The van der Waals surface area contributed by atoms with Gasteiger partial charge in [0, 0.05) is 22.5 Å². The minimum Gasteiger partial charge on any atom is -0.465 e. The zero-order valence-electron chi connectivity index (χ0n) is 19.5. The van der Waals surface area contributed by atoms with Crippen molar-refractivity contribution in [1.29, 1.82) is 0 Å². The van der Waals surface area contributed by atoms with Crippen LogP contribution in [0, 0.1) is 0 Å². The summed E-state index contributed by atoms with van der Waals surface area (Å²) in [7, 11) is 0. The molecule has 4 aromatic carbocycles. The molecule has 184 valence electrons. The van der Waals surface area contributed by atoms with Crippen LogP contribution in [0.2, 0.25) is 0 Å². The van der Waals surface area contributed by atoms with Crippen molar-refractivity contribution in [2.45, 2.75) is 12.1 Å². The van der Waals surface area contributed by atoms with Gasteiger partial charge < -0.3 is 20.5 Å². The fraction of sp³-hybridized carbons (Fsp3) is 0.0690. The lowest BCUT2D eigenvalue weighted by molar-refractivity contribution is -0.118. The highest BCUT2D eigenvalue weighted by Gasteiger charge is 2.32. The summed E-state index contributed by atoms with van der Waals surface area (Å²) < 4.78 is 5.88. The second-order valence-electron chi connectivity index (χ2n) is 8.44. The zero-order valence-corrected chi connectivity index (χ0v) is 19.5. The van der Waals surface area contributed by atoms with E-state index in [0.29, 0.717) is 16.9 Å². The Morgan fingerprint density at radius 3 is 1.76 bits per heavy atom. The Hall–Kier alpha value is -5.11. The molecule has 0 spiro atoms. The Morgan fingerprint density at radius 2 is 1.19 bits per heavy atom. The minimum absolute atomic E-state index is 0.365. The second-order valence-corrected chi connectivity index (χ2v) is 8.44. The summed E-state index contributed by atoms with van der Waals surface area (Å²) >= 11 is 0. The SMILES string of the molecule is O=C(O)Nc1ccc(NC(=O)[C@@H](NC(=O)OC2c3ccccc3-c3ccccc32)c2ccccc2)cc1. The Kier molecular flexibility index (Phi) is 6.54. The van der Waals surface area contributed by atoms with Gasteiger partial charge in [0.2, 0.25) is 0 Å². The predicted molar refractivity (Wildman–Crippen MR) is 139 cm³/mol. The molecule has 0 heterocycles. The van der Waals surface area contributed by atoms with Crippen LogP contribution in [-0.4, -0.2) is 23.2 Å². The number of amides is 3. The Labute approximate surface area is 212 Å². The van der Waals surface area contributed by atoms with E-state index in [1.165, 1.54) is 12.1 Å². The van der Waals surface area contributed by atoms with Crippen LogP contribution in [-0.2, 0) is 9.53 Å². The molecule has 3 amide bonds. The van der Waals surface area contributed by atoms with Crippen molar-refractivity contribution in [2.75, 3.05) is 10.6 Å². The van der Waals surface area contributed by atoms with Crippen LogP contribution in [0.3, 0.4) is 0 Å². The number of hydrogen-bond acceptors (Lipinski definition) is 4. The third-order valence-corrected chi connectivity index (χ3v) is 6.06. The first-order valence-electron chi connectivity index (χ1n) is 11.6. The fourth-order valence-corrected chi connectivity index (χ4v) is 4.42. The van der Waals surface area contributed by atoms with Crippen molar-refractivity contribution in [3.63, 3.8) is 0 Å². The zero-order chi connectivity index (χ0) is 25.8. The summed E-state index contributed by atoms with van der Waals surface area (Å²) in [6.07, 6.45) is -2.51. The van der Waals surface area contributed by atoms with E-state index in [2.05, 4.69) is 16.0 Å². The minimum atomic E-state index is -1.18. The predicted octanol–water partition coefficient (Wildman–Crippen LogP) is 5.95. The van der Waals surface area contributed by atoms with Crippen molar-refractivity contribution in [1.82, 2.24) is 5.32 Å². The van der Waals surface area contributed by atoms with E-state index in [9.17, 15) is 14.4 Å². The lowest BCUT2D eigenvalue weighted by Crippen LogP contribution is -2.37. The fourth-order valence-electron chi connectivity index (χ4n) is 4.42. The van der Waals surface area contributed by atoms with Gasteiger partial charge in [0.05, 0.1) is 0 Å².